The third-order valence-electron chi connectivity index (χ3n) is 4.09. The summed E-state index contributed by atoms with van der Waals surface area (Å²) in [6, 6.07) is 10.2. The predicted octanol–water partition coefficient (Wildman–Crippen LogP) is 3.80. The minimum atomic E-state index is -2.88. The van der Waals surface area contributed by atoms with Crippen LogP contribution in [0.3, 0.4) is 0 Å². The Kier molecular flexibility index (Phi) is 11.0. The van der Waals surface area contributed by atoms with Crippen molar-refractivity contribution in [2.75, 3.05) is 28.4 Å². The van der Waals surface area contributed by atoms with Gasteiger partial charge in [-0.15, -0.1) is 24.0 Å². The lowest BCUT2D eigenvalue weighted by atomic mass is 10.1. The number of methoxy groups -OCH3 is 3. The molecule has 0 saturated carbocycles. The highest BCUT2D eigenvalue weighted by Gasteiger charge is 2.16. The number of hydrogen-bond acceptors (Lipinski definition) is 5. The maximum atomic E-state index is 12.6. The second kappa shape index (κ2) is 12.9. The van der Waals surface area contributed by atoms with Gasteiger partial charge in [0.05, 0.1) is 21.3 Å². The van der Waals surface area contributed by atoms with Gasteiger partial charge in [-0.1, -0.05) is 18.2 Å². The molecule has 2 N–H and O–H groups in total. The molecule has 0 spiro atoms. The van der Waals surface area contributed by atoms with Crippen LogP contribution < -0.4 is 29.6 Å². The summed E-state index contributed by atoms with van der Waals surface area (Å²) < 4.78 is 45.8. The quantitative estimate of drug-likeness (QED) is 0.288. The number of benzene rings is 2. The van der Waals surface area contributed by atoms with E-state index in [0.717, 1.165) is 5.56 Å². The van der Waals surface area contributed by atoms with Gasteiger partial charge in [0, 0.05) is 31.3 Å². The topological polar surface area (TPSA) is 73.3 Å². The number of guanidine groups is 1. The summed E-state index contributed by atoms with van der Waals surface area (Å²) in [6.45, 7) is -2.24. The molecular weight excluding hydrogens is 511 g/mol. The monoisotopic (exact) mass is 537 g/mol. The van der Waals surface area contributed by atoms with E-state index in [1.54, 1.807) is 45.5 Å². The number of aliphatic imine (C=N–C) groups is 1. The van der Waals surface area contributed by atoms with E-state index in [0.29, 0.717) is 35.3 Å². The van der Waals surface area contributed by atoms with Crippen molar-refractivity contribution in [2.24, 2.45) is 4.99 Å². The first kappa shape index (κ1) is 25.5. The second-order valence-electron chi connectivity index (χ2n) is 5.76. The Labute approximate surface area is 191 Å². The summed E-state index contributed by atoms with van der Waals surface area (Å²) in [5.74, 6) is 2.20. The Hall–Kier alpha value is -2.50. The zero-order valence-electron chi connectivity index (χ0n) is 17.2. The van der Waals surface area contributed by atoms with Crippen LogP contribution in [0.15, 0.2) is 41.4 Å². The predicted molar refractivity (Wildman–Crippen MR) is 122 cm³/mol. The molecule has 0 fully saturated rings. The maximum absolute atomic E-state index is 12.6. The SMILES string of the molecule is CN=C(NCc1ccccc1OC(F)F)NCc1ccc(OC)c(OC)c1OC.I. The molecule has 0 aliphatic rings. The van der Waals surface area contributed by atoms with Crippen LogP contribution in [-0.2, 0) is 13.1 Å². The summed E-state index contributed by atoms with van der Waals surface area (Å²) in [4.78, 5) is 4.15. The van der Waals surface area contributed by atoms with Crippen LogP contribution in [0.4, 0.5) is 8.78 Å². The first-order valence-corrected chi connectivity index (χ1v) is 8.79. The molecule has 0 amide bonds. The number of nitrogens with zero attached hydrogens (tertiary/aromatic N) is 1. The van der Waals surface area contributed by atoms with Gasteiger partial charge >= 0.3 is 6.61 Å². The largest absolute Gasteiger partial charge is 0.493 e. The fourth-order valence-electron chi connectivity index (χ4n) is 2.74. The van der Waals surface area contributed by atoms with E-state index < -0.39 is 6.61 Å². The average molecular weight is 537 g/mol. The van der Waals surface area contributed by atoms with Crippen LogP contribution in [0.25, 0.3) is 0 Å². The Morgan fingerprint density at radius 3 is 2.07 bits per heavy atom. The molecule has 0 unspecified atom stereocenters. The van der Waals surface area contributed by atoms with E-state index in [1.807, 2.05) is 6.07 Å². The molecule has 0 bridgehead atoms. The van der Waals surface area contributed by atoms with Crippen molar-refractivity contribution in [3.05, 3.63) is 47.5 Å². The van der Waals surface area contributed by atoms with Gasteiger partial charge in [0.2, 0.25) is 5.75 Å². The van der Waals surface area contributed by atoms with E-state index in [1.165, 1.54) is 13.2 Å². The molecule has 0 aliphatic heterocycles. The Balaban J connectivity index is 0.00000450. The summed E-state index contributed by atoms with van der Waals surface area (Å²) >= 11 is 0. The standard InChI is InChI=1S/C20H25F2N3O4.HI/c1-23-20(24-11-13-7-5-6-8-15(13)29-19(21)22)25-12-14-9-10-16(26-2)18(28-4)17(14)27-3;/h5-10,19H,11-12H2,1-4H3,(H2,23,24,25);1H. The van der Waals surface area contributed by atoms with Crippen molar-refractivity contribution in [3.8, 4) is 23.0 Å². The van der Waals surface area contributed by atoms with Gasteiger partial charge in [0.25, 0.3) is 0 Å². The molecular formula is C20H26F2IN3O4. The normalized spacial score (nSPS) is 10.8. The molecule has 2 rings (SSSR count). The Morgan fingerprint density at radius 2 is 1.50 bits per heavy atom. The fourth-order valence-corrected chi connectivity index (χ4v) is 2.74. The Bertz CT molecular complexity index is 838. The van der Waals surface area contributed by atoms with Gasteiger partial charge in [-0.3, -0.25) is 4.99 Å². The number of ether oxygens (including phenoxy) is 4. The van der Waals surface area contributed by atoms with Crippen LogP contribution >= 0.6 is 24.0 Å². The van der Waals surface area contributed by atoms with Crippen molar-refractivity contribution in [2.45, 2.75) is 19.7 Å². The summed E-state index contributed by atoms with van der Waals surface area (Å²) in [7, 11) is 6.25. The van der Waals surface area contributed by atoms with E-state index in [2.05, 4.69) is 20.4 Å². The smallest absolute Gasteiger partial charge is 0.387 e. The van der Waals surface area contributed by atoms with Crippen molar-refractivity contribution in [1.82, 2.24) is 10.6 Å². The van der Waals surface area contributed by atoms with Crippen LogP contribution in [0.2, 0.25) is 0 Å². The molecule has 0 heterocycles. The highest BCUT2D eigenvalue weighted by Crippen LogP contribution is 2.39. The van der Waals surface area contributed by atoms with Crippen LogP contribution in [-0.4, -0.2) is 40.9 Å². The highest BCUT2D eigenvalue weighted by molar-refractivity contribution is 14.0. The van der Waals surface area contributed by atoms with Crippen molar-refractivity contribution in [3.63, 3.8) is 0 Å². The van der Waals surface area contributed by atoms with Gasteiger partial charge in [0.1, 0.15) is 5.75 Å². The molecule has 0 atom stereocenters. The zero-order valence-corrected chi connectivity index (χ0v) is 19.5. The molecule has 2 aromatic rings. The van der Waals surface area contributed by atoms with Crippen molar-refractivity contribution in [1.29, 1.82) is 0 Å². The number of rotatable bonds is 9. The molecule has 30 heavy (non-hydrogen) atoms. The summed E-state index contributed by atoms with van der Waals surface area (Å²) in [5.41, 5.74) is 1.41. The lowest BCUT2D eigenvalue weighted by Crippen LogP contribution is -2.36. The molecule has 166 valence electrons. The summed E-state index contributed by atoms with van der Waals surface area (Å²) in [6.07, 6.45) is 0. The number of alkyl halides is 2. The van der Waals surface area contributed by atoms with Crippen LogP contribution in [0, 0.1) is 0 Å². The molecule has 0 radical (unpaired) electrons. The van der Waals surface area contributed by atoms with E-state index in [9.17, 15) is 8.78 Å². The molecule has 0 aromatic heterocycles. The molecule has 0 aliphatic carbocycles. The second-order valence-corrected chi connectivity index (χ2v) is 5.76. The molecule has 2 aromatic carbocycles. The number of hydrogen-bond donors (Lipinski definition) is 2. The lowest BCUT2D eigenvalue weighted by Gasteiger charge is -2.18. The third kappa shape index (κ3) is 6.78. The first-order chi connectivity index (χ1) is 14.0. The number of para-hydroxylation sites is 1. The molecule has 10 heteroatoms. The highest BCUT2D eigenvalue weighted by atomic mass is 127. The van der Waals surface area contributed by atoms with Crippen molar-refractivity contribution < 1.29 is 27.7 Å². The van der Waals surface area contributed by atoms with Crippen LogP contribution in [0.1, 0.15) is 11.1 Å². The van der Waals surface area contributed by atoms with E-state index in [4.69, 9.17) is 14.2 Å². The van der Waals surface area contributed by atoms with Crippen molar-refractivity contribution >= 4 is 29.9 Å². The number of nitrogens with one attached hydrogen (secondary N) is 2. The lowest BCUT2D eigenvalue weighted by molar-refractivity contribution is -0.0504. The summed E-state index contributed by atoms with van der Waals surface area (Å²) in [5, 5.41) is 6.23. The Morgan fingerprint density at radius 1 is 0.867 bits per heavy atom. The first-order valence-electron chi connectivity index (χ1n) is 8.79. The van der Waals surface area contributed by atoms with Gasteiger partial charge in [-0.25, -0.2) is 0 Å². The average Bonchev–Trinajstić information content (AvgIpc) is 2.73. The minimum Gasteiger partial charge on any atom is -0.493 e. The fraction of sp³-hybridized carbons (Fsp3) is 0.350. The van der Waals surface area contributed by atoms with E-state index in [-0.39, 0.29) is 36.3 Å². The van der Waals surface area contributed by atoms with Gasteiger partial charge in [-0.2, -0.15) is 8.78 Å². The van der Waals surface area contributed by atoms with Gasteiger partial charge < -0.3 is 29.6 Å². The number of halogens is 3. The molecule has 7 nitrogen and oxygen atoms in total. The van der Waals surface area contributed by atoms with E-state index >= 15 is 0 Å². The molecule has 0 saturated heterocycles. The van der Waals surface area contributed by atoms with Gasteiger partial charge in [-0.05, 0) is 18.2 Å². The van der Waals surface area contributed by atoms with Crippen LogP contribution in [0.5, 0.6) is 23.0 Å². The third-order valence-corrected chi connectivity index (χ3v) is 4.09. The van der Waals surface area contributed by atoms with Gasteiger partial charge in [0.15, 0.2) is 17.5 Å². The minimum absolute atomic E-state index is 0. The maximum Gasteiger partial charge on any atom is 0.387 e. The zero-order chi connectivity index (χ0) is 21.2.